The number of rotatable bonds is 5. The van der Waals surface area contributed by atoms with E-state index in [0.29, 0.717) is 11.1 Å². The summed E-state index contributed by atoms with van der Waals surface area (Å²) < 4.78 is 16.0. The Hall–Kier alpha value is -1.53. The molecule has 1 aromatic carbocycles. The molecule has 2 aromatic rings. The van der Waals surface area contributed by atoms with Crippen molar-refractivity contribution in [3.63, 3.8) is 0 Å². The van der Waals surface area contributed by atoms with E-state index in [0.717, 1.165) is 23.7 Å². The van der Waals surface area contributed by atoms with E-state index in [1.807, 2.05) is 6.92 Å². The van der Waals surface area contributed by atoms with Gasteiger partial charge in [-0.25, -0.2) is 9.37 Å². The second kappa shape index (κ2) is 8.44. The number of benzene rings is 1. The number of carbonyl (C=O) groups excluding carboxylic acids is 1. The van der Waals surface area contributed by atoms with Crippen molar-refractivity contribution < 1.29 is 9.18 Å². The van der Waals surface area contributed by atoms with Gasteiger partial charge < -0.3 is 9.88 Å². The smallest absolute Gasteiger partial charge is 0.234 e. The molecule has 1 fully saturated rings. The molecule has 3 rings (SSSR count). The van der Waals surface area contributed by atoms with Gasteiger partial charge in [0.25, 0.3) is 0 Å². The number of carbonyl (C=O) groups is 1. The zero-order valence-electron chi connectivity index (χ0n) is 15.0. The minimum Gasteiger partial charge on any atom is -0.323 e. The summed E-state index contributed by atoms with van der Waals surface area (Å²) in [7, 11) is 0. The Morgan fingerprint density at radius 1 is 1.35 bits per heavy atom. The molecule has 0 saturated heterocycles. The Labute approximate surface area is 162 Å². The number of aromatic nitrogens is 2. The number of hydrogen-bond acceptors (Lipinski definition) is 3. The van der Waals surface area contributed by atoms with Gasteiger partial charge in [-0.2, -0.15) is 0 Å². The van der Waals surface area contributed by atoms with Gasteiger partial charge in [0.1, 0.15) is 5.82 Å². The number of imidazole rings is 1. The molecule has 26 heavy (non-hydrogen) atoms. The third-order valence-electron chi connectivity index (χ3n) is 4.83. The number of amides is 1. The number of nitrogens with zero attached hydrogens (tertiary/aromatic N) is 2. The van der Waals surface area contributed by atoms with Crippen molar-refractivity contribution in [2.45, 2.75) is 57.1 Å². The molecule has 0 spiro atoms. The van der Waals surface area contributed by atoms with Crippen LogP contribution in [0.15, 0.2) is 23.4 Å². The number of anilines is 1. The molecule has 0 aliphatic heterocycles. The van der Waals surface area contributed by atoms with E-state index in [4.69, 9.17) is 11.6 Å². The number of nitrogens with one attached hydrogen (secondary N) is 1. The number of hydrogen-bond donors (Lipinski definition) is 1. The number of halogens is 2. The summed E-state index contributed by atoms with van der Waals surface area (Å²) in [6.45, 7) is 4.09. The molecule has 1 saturated carbocycles. The molecule has 1 aliphatic carbocycles. The minimum absolute atomic E-state index is 0.103. The van der Waals surface area contributed by atoms with Crippen molar-refractivity contribution in [3.05, 3.63) is 40.4 Å². The van der Waals surface area contributed by atoms with Gasteiger partial charge in [0.2, 0.25) is 5.91 Å². The summed E-state index contributed by atoms with van der Waals surface area (Å²) in [5.41, 5.74) is 2.27. The van der Waals surface area contributed by atoms with Crippen LogP contribution in [0.25, 0.3) is 0 Å². The summed E-state index contributed by atoms with van der Waals surface area (Å²) in [5, 5.41) is 3.84. The van der Waals surface area contributed by atoms with Gasteiger partial charge >= 0.3 is 0 Å². The van der Waals surface area contributed by atoms with Crippen LogP contribution in [0.4, 0.5) is 10.1 Å². The van der Waals surface area contributed by atoms with Crippen molar-refractivity contribution in [3.8, 4) is 0 Å². The molecule has 0 unspecified atom stereocenters. The van der Waals surface area contributed by atoms with Crippen molar-refractivity contribution in [2.75, 3.05) is 11.1 Å². The molecule has 0 bridgehead atoms. The van der Waals surface area contributed by atoms with E-state index in [1.54, 1.807) is 0 Å². The zero-order valence-corrected chi connectivity index (χ0v) is 16.6. The van der Waals surface area contributed by atoms with E-state index < -0.39 is 5.82 Å². The van der Waals surface area contributed by atoms with Crippen molar-refractivity contribution in [1.82, 2.24) is 9.55 Å². The molecule has 1 aromatic heterocycles. The molecule has 140 valence electrons. The van der Waals surface area contributed by atoms with Gasteiger partial charge in [-0.15, -0.1) is 0 Å². The fourth-order valence-electron chi connectivity index (χ4n) is 3.38. The standard InChI is InChI=1S/C19H23ClFN3OS/c1-12-13(2)24(15-6-4-3-5-7-15)19(22-12)26-11-18(25)23-17-10-14(20)8-9-16(17)21/h8-10,15H,3-7,11H2,1-2H3,(H,23,25). The summed E-state index contributed by atoms with van der Waals surface area (Å²) in [6.07, 6.45) is 6.08. The van der Waals surface area contributed by atoms with E-state index in [1.165, 1.54) is 54.9 Å². The SMILES string of the molecule is Cc1nc(SCC(=O)Nc2cc(Cl)ccc2F)n(C2CCCCC2)c1C. The van der Waals surface area contributed by atoms with Crippen LogP contribution in [0.1, 0.15) is 49.5 Å². The largest absolute Gasteiger partial charge is 0.323 e. The van der Waals surface area contributed by atoms with Crippen LogP contribution < -0.4 is 5.32 Å². The van der Waals surface area contributed by atoms with E-state index in [2.05, 4.69) is 21.8 Å². The summed E-state index contributed by atoms with van der Waals surface area (Å²) in [5.74, 6) is -0.595. The summed E-state index contributed by atoms with van der Waals surface area (Å²) in [6, 6.07) is 4.57. The van der Waals surface area contributed by atoms with E-state index in [9.17, 15) is 9.18 Å². The topological polar surface area (TPSA) is 46.9 Å². The van der Waals surface area contributed by atoms with Crippen molar-refractivity contribution in [1.29, 1.82) is 0 Å². The third kappa shape index (κ3) is 4.41. The van der Waals surface area contributed by atoms with Crippen LogP contribution in [-0.2, 0) is 4.79 Å². The Morgan fingerprint density at radius 2 is 2.08 bits per heavy atom. The maximum atomic E-state index is 13.8. The normalized spacial score (nSPS) is 15.2. The average molecular weight is 396 g/mol. The highest BCUT2D eigenvalue weighted by atomic mass is 35.5. The predicted molar refractivity (Wildman–Crippen MR) is 105 cm³/mol. The van der Waals surface area contributed by atoms with Crippen molar-refractivity contribution >= 4 is 35.0 Å². The second-order valence-electron chi connectivity index (χ2n) is 6.69. The first-order valence-electron chi connectivity index (χ1n) is 8.89. The molecular formula is C19H23ClFN3OS. The Balaban J connectivity index is 1.68. The quantitative estimate of drug-likeness (QED) is 0.677. The first kappa shape index (κ1) is 19.2. The van der Waals surface area contributed by atoms with Crippen LogP contribution >= 0.6 is 23.4 Å². The lowest BCUT2D eigenvalue weighted by molar-refractivity contribution is -0.113. The third-order valence-corrected chi connectivity index (χ3v) is 6.02. The molecule has 1 heterocycles. The fourth-order valence-corrected chi connectivity index (χ4v) is 4.51. The molecule has 0 atom stereocenters. The highest BCUT2D eigenvalue weighted by Crippen LogP contribution is 2.34. The maximum absolute atomic E-state index is 13.8. The average Bonchev–Trinajstić information content (AvgIpc) is 2.91. The lowest BCUT2D eigenvalue weighted by Gasteiger charge is -2.26. The molecule has 7 heteroatoms. The van der Waals surface area contributed by atoms with Crippen LogP contribution in [-0.4, -0.2) is 21.2 Å². The molecule has 1 aliphatic rings. The van der Waals surface area contributed by atoms with Gasteiger partial charge in [0, 0.05) is 16.8 Å². The monoisotopic (exact) mass is 395 g/mol. The van der Waals surface area contributed by atoms with Crippen LogP contribution in [0.3, 0.4) is 0 Å². The van der Waals surface area contributed by atoms with E-state index in [-0.39, 0.29) is 17.3 Å². The summed E-state index contributed by atoms with van der Waals surface area (Å²) >= 11 is 7.26. The second-order valence-corrected chi connectivity index (χ2v) is 8.07. The highest BCUT2D eigenvalue weighted by molar-refractivity contribution is 7.99. The van der Waals surface area contributed by atoms with Crippen LogP contribution in [0.2, 0.25) is 5.02 Å². The molecule has 1 amide bonds. The minimum atomic E-state index is -0.497. The fraction of sp³-hybridized carbons (Fsp3) is 0.474. The maximum Gasteiger partial charge on any atom is 0.234 e. The Bertz CT molecular complexity index is 802. The van der Waals surface area contributed by atoms with Gasteiger partial charge in [0.05, 0.1) is 17.1 Å². The lowest BCUT2D eigenvalue weighted by Crippen LogP contribution is -2.18. The van der Waals surface area contributed by atoms with Gasteiger partial charge in [-0.1, -0.05) is 42.6 Å². The van der Waals surface area contributed by atoms with Crippen LogP contribution in [0, 0.1) is 19.7 Å². The van der Waals surface area contributed by atoms with Gasteiger partial charge in [0.15, 0.2) is 5.16 Å². The number of aryl methyl sites for hydroxylation is 1. The van der Waals surface area contributed by atoms with E-state index >= 15 is 0 Å². The zero-order chi connectivity index (χ0) is 18.7. The molecular weight excluding hydrogens is 373 g/mol. The first-order chi connectivity index (χ1) is 12.5. The van der Waals surface area contributed by atoms with Gasteiger partial charge in [-0.05, 0) is 44.9 Å². The lowest BCUT2D eigenvalue weighted by atomic mass is 9.95. The molecule has 0 radical (unpaired) electrons. The Kier molecular flexibility index (Phi) is 6.24. The van der Waals surface area contributed by atoms with Crippen LogP contribution in [0.5, 0.6) is 0 Å². The van der Waals surface area contributed by atoms with Crippen molar-refractivity contribution in [2.24, 2.45) is 0 Å². The molecule has 1 N–H and O–H groups in total. The van der Waals surface area contributed by atoms with Gasteiger partial charge in [-0.3, -0.25) is 4.79 Å². The highest BCUT2D eigenvalue weighted by Gasteiger charge is 2.22. The predicted octanol–water partition coefficient (Wildman–Crippen LogP) is 5.53. The molecule has 4 nitrogen and oxygen atoms in total. The summed E-state index contributed by atoms with van der Waals surface area (Å²) in [4.78, 5) is 16.9. The number of thioether (sulfide) groups is 1. The Morgan fingerprint density at radius 3 is 2.81 bits per heavy atom. The first-order valence-corrected chi connectivity index (χ1v) is 10.2.